The van der Waals surface area contributed by atoms with E-state index in [1.807, 2.05) is 0 Å². The van der Waals surface area contributed by atoms with Crippen molar-refractivity contribution < 1.29 is 25.6 Å². The fourth-order valence-electron chi connectivity index (χ4n) is 9.40. The molecule has 1 atom stereocenters. The molecule has 0 amide bonds. The van der Waals surface area contributed by atoms with Crippen LogP contribution >= 0.6 is 17.0 Å². The summed E-state index contributed by atoms with van der Waals surface area (Å²) >= 11 is -0.826. The van der Waals surface area contributed by atoms with Crippen LogP contribution in [0.4, 0.5) is 0 Å². The molecule has 1 heterocycles. The molecular weight excluding hydrogens is 809 g/mol. The minimum atomic E-state index is -2.40. The fourth-order valence-corrected chi connectivity index (χ4v) is 14.3. The monoisotopic (exact) mass is 867 g/mol. The van der Waals surface area contributed by atoms with Crippen molar-refractivity contribution in [1.82, 2.24) is 4.57 Å². The van der Waals surface area contributed by atoms with Gasteiger partial charge in [0.2, 0.25) is 0 Å². The Bertz CT molecular complexity index is 2340. The van der Waals surface area contributed by atoms with Crippen molar-refractivity contribution in [2.45, 2.75) is 123 Å². The molecule has 0 aliphatic rings. The van der Waals surface area contributed by atoms with E-state index in [1.54, 1.807) is 10.4 Å². The number of fused-ring (bicyclic) bond motifs is 8. The van der Waals surface area contributed by atoms with Crippen LogP contribution in [0.2, 0.25) is 12.6 Å². The Balaban J connectivity index is 0.00000166. The maximum absolute atomic E-state index is 6.11. The van der Waals surface area contributed by atoms with Crippen LogP contribution in [0.15, 0.2) is 84.9 Å². The Morgan fingerprint density at radius 1 is 0.691 bits per heavy atom. The number of hydrogen-bond acceptors (Lipinski definition) is 1. The number of aryl methyl sites for hydroxylation is 3. The van der Waals surface area contributed by atoms with E-state index in [-0.39, 0.29) is 5.60 Å². The zero-order valence-corrected chi connectivity index (χ0v) is 39.4. The molecule has 55 heavy (non-hydrogen) atoms. The number of unbranched alkanes of at least 4 members (excludes halogenated alkanes) is 8. The SMILES string of the molecule is CCCCCCCCc1ccc2c3ccccc3[c-]([Si](C)(CCCCCCOC(C)(C)C)[c-]3c4ccccc4c4c3c3cc(C)ccc3n4C)c2c1.[Cl][Zr+2][Cl]. The molecule has 0 aliphatic heterocycles. The Morgan fingerprint density at radius 3 is 2.04 bits per heavy atom. The predicted octanol–water partition coefficient (Wildman–Crippen LogP) is 14.4. The molecule has 6 heteroatoms. The summed E-state index contributed by atoms with van der Waals surface area (Å²) in [7, 11) is 9.76. The Morgan fingerprint density at radius 2 is 1.31 bits per heavy atom. The van der Waals surface area contributed by atoms with E-state index in [4.69, 9.17) is 21.8 Å². The van der Waals surface area contributed by atoms with E-state index in [1.165, 1.54) is 136 Å². The van der Waals surface area contributed by atoms with Gasteiger partial charge in [-0.15, -0.1) is 55.5 Å². The van der Waals surface area contributed by atoms with Crippen LogP contribution in [0.1, 0.15) is 103 Å². The first kappa shape index (κ1) is 42.4. The quantitative estimate of drug-likeness (QED) is 0.0536. The number of nitrogens with zero attached hydrogens (tertiary/aromatic N) is 1. The van der Waals surface area contributed by atoms with Gasteiger partial charge in [0.1, 0.15) is 0 Å². The fraction of sp³-hybridized carbons (Fsp3) is 0.429. The molecule has 0 fully saturated rings. The molecule has 7 rings (SSSR count). The van der Waals surface area contributed by atoms with Crippen molar-refractivity contribution in [3.63, 3.8) is 0 Å². The summed E-state index contributed by atoms with van der Waals surface area (Å²) in [4.78, 5) is 0. The van der Waals surface area contributed by atoms with Crippen molar-refractivity contribution in [3.05, 3.63) is 96.1 Å². The van der Waals surface area contributed by atoms with Crippen LogP contribution in [0.25, 0.3) is 54.1 Å². The van der Waals surface area contributed by atoms with E-state index in [9.17, 15) is 0 Å². The second-order valence-corrected chi connectivity index (χ2v) is 25.0. The Hall–Kier alpha value is -2.20. The molecule has 0 bridgehead atoms. The van der Waals surface area contributed by atoms with Crippen molar-refractivity contribution in [1.29, 1.82) is 0 Å². The van der Waals surface area contributed by atoms with E-state index in [0.29, 0.717) is 0 Å². The summed E-state index contributed by atoms with van der Waals surface area (Å²) in [5, 5.41) is 15.0. The summed E-state index contributed by atoms with van der Waals surface area (Å²) in [6, 6.07) is 34.6. The first-order valence-corrected chi connectivity index (χ1v) is 29.8. The standard InChI is InChI=1S/C49H61NOSi.2ClH.Zr/c1-8-9-10-11-12-15-22-36-28-29-38-37-23-16-18-25-40(37)47(42(38)34-36)52(7,32-21-14-13-20-31-51-49(3,4)5)48-41-26-19-17-24-39(41)46-45(48)43-33-35(2)27-30-44(43)50(46)6;;;/h16-19,23-30,33-34H,8-15,20-22,31-32H2,1-7H3;2*1H;/q-2;;;+4/p-2. The summed E-state index contributed by atoms with van der Waals surface area (Å²) in [6.45, 7) is 14.6. The van der Waals surface area contributed by atoms with Crippen molar-refractivity contribution >= 4 is 89.6 Å². The van der Waals surface area contributed by atoms with Crippen LogP contribution in [-0.4, -0.2) is 24.8 Å². The van der Waals surface area contributed by atoms with Crippen LogP contribution in [-0.2, 0) is 39.1 Å². The summed E-state index contributed by atoms with van der Waals surface area (Å²) in [5.74, 6) is 0. The van der Waals surface area contributed by atoms with Gasteiger partial charge in [-0.2, -0.15) is 0 Å². The van der Waals surface area contributed by atoms with Gasteiger partial charge in [-0.05, 0) is 58.5 Å². The second kappa shape index (κ2) is 19.0. The van der Waals surface area contributed by atoms with E-state index < -0.39 is 28.9 Å². The Kier molecular flexibility index (Phi) is 14.7. The molecule has 1 unspecified atom stereocenters. The third kappa shape index (κ3) is 9.26. The molecule has 0 saturated carbocycles. The average Bonchev–Trinajstić information content (AvgIpc) is 3.78. The molecule has 6 aromatic carbocycles. The molecule has 2 nitrogen and oxygen atoms in total. The predicted molar refractivity (Wildman–Crippen MR) is 244 cm³/mol. The molecule has 0 radical (unpaired) electrons. The van der Waals surface area contributed by atoms with E-state index >= 15 is 0 Å². The van der Waals surface area contributed by atoms with Gasteiger partial charge in [-0.25, -0.2) is 0 Å². The van der Waals surface area contributed by atoms with Gasteiger partial charge in [0, 0.05) is 27.2 Å². The molecule has 0 spiro atoms. The minimum absolute atomic E-state index is 0.0691. The maximum atomic E-state index is 6.11. The molecule has 0 N–H and O–H groups in total. The molecule has 0 aliphatic carbocycles. The molecule has 0 saturated heterocycles. The van der Waals surface area contributed by atoms with Crippen LogP contribution in [0, 0.1) is 6.92 Å². The van der Waals surface area contributed by atoms with Gasteiger partial charge in [0.25, 0.3) is 0 Å². The van der Waals surface area contributed by atoms with Crippen LogP contribution < -0.4 is 10.4 Å². The third-order valence-electron chi connectivity index (χ3n) is 11.9. The summed E-state index contributed by atoms with van der Waals surface area (Å²) in [5.41, 5.74) is 5.53. The summed E-state index contributed by atoms with van der Waals surface area (Å²) < 4.78 is 8.60. The molecular formula is C49H61Cl2NOSiZr. The topological polar surface area (TPSA) is 14.2 Å². The number of hydrogen-bond donors (Lipinski definition) is 0. The molecule has 290 valence electrons. The first-order chi connectivity index (χ1) is 26.5. The molecule has 1 aromatic heterocycles. The van der Waals surface area contributed by atoms with Gasteiger partial charge in [-0.3, -0.25) is 0 Å². The summed E-state index contributed by atoms with van der Waals surface area (Å²) in [6.07, 6.45) is 14.0. The van der Waals surface area contributed by atoms with Crippen molar-refractivity contribution in [3.8, 4) is 0 Å². The zero-order valence-electron chi connectivity index (χ0n) is 34.4. The van der Waals surface area contributed by atoms with Gasteiger partial charge in [0.15, 0.2) is 0 Å². The first-order valence-electron chi connectivity index (χ1n) is 20.8. The number of benzene rings is 4. The third-order valence-corrected chi connectivity index (χ3v) is 16.5. The van der Waals surface area contributed by atoms with Gasteiger partial charge < -0.3 is 9.30 Å². The van der Waals surface area contributed by atoms with Crippen LogP contribution in [0.3, 0.4) is 0 Å². The average molecular weight is 870 g/mol. The molecule has 7 aromatic rings. The van der Waals surface area contributed by atoms with Crippen LogP contribution in [0.5, 0.6) is 0 Å². The van der Waals surface area contributed by atoms with Gasteiger partial charge in [0.05, 0.1) is 5.60 Å². The van der Waals surface area contributed by atoms with Crippen molar-refractivity contribution in [2.75, 3.05) is 6.61 Å². The normalized spacial score (nSPS) is 13.2. The zero-order chi connectivity index (χ0) is 39.2. The Labute approximate surface area is 350 Å². The van der Waals surface area contributed by atoms with E-state index in [2.05, 4.69) is 138 Å². The van der Waals surface area contributed by atoms with Gasteiger partial charge >= 0.3 is 37.9 Å². The number of aromatic nitrogens is 1. The van der Waals surface area contributed by atoms with Crippen molar-refractivity contribution in [2.24, 2.45) is 7.05 Å². The van der Waals surface area contributed by atoms with Gasteiger partial charge in [-0.1, -0.05) is 159 Å². The van der Waals surface area contributed by atoms with E-state index in [0.717, 1.165) is 13.0 Å². The second-order valence-electron chi connectivity index (χ2n) is 17.1. The number of rotatable bonds is 16. The number of halogens is 2. The number of ether oxygens (including phenoxy) is 1.